The summed E-state index contributed by atoms with van der Waals surface area (Å²) in [6.45, 7) is 1.59. The van der Waals surface area contributed by atoms with Crippen LogP contribution in [0.25, 0.3) is 22.2 Å². The monoisotopic (exact) mass is 613 g/mol. The Bertz CT molecular complexity index is 1810. The third-order valence-corrected chi connectivity index (χ3v) is 9.72. The number of primary amides is 1. The first kappa shape index (κ1) is 29.2. The molecule has 4 aromatic rings. The molecule has 3 aliphatic rings. The van der Waals surface area contributed by atoms with E-state index in [1.165, 1.54) is 12.1 Å². The lowest BCUT2D eigenvalue weighted by Crippen LogP contribution is -2.46. The molecule has 1 unspecified atom stereocenters. The lowest BCUT2D eigenvalue weighted by atomic mass is 9.78. The molecule has 2 fully saturated rings. The van der Waals surface area contributed by atoms with E-state index in [0.717, 1.165) is 43.9 Å². The number of methoxy groups -OCH3 is 1. The third kappa shape index (κ3) is 4.99. The van der Waals surface area contributed by atoms with E-state index in [1.807, 2.05) is 10.9 Å². The molecule has 11 heteroatoms. The third-order valence-electron chi connectivity index (χ3n) is 9.72. The highest BCUT2D eigenvalue weighted by Gasteiger charge is 2.47. The number of fused-ring (bicyclic) bond motifs is 2. The van der Waals surface area contributed by atoms with Crippen LogP contribution < -0.4 is 20.5 Å². The number of benzene rings is 2. The number of amides is 2. The number of hydrogen-bond acceptors (Lipinski definition) is 7. The van der Waals surface area contributed by atoms with Gasteiger partial charge in [0.2, 0.25) is 5.91 Å². The Morgan fingerprint density at radius 1 is 1.18 bits per heavy atom. The van der Waals surface area contributed by atoms with Crippen molar-refractivity contribution in [1.82, 2.24) is 20.1 Å². The molecule has 2 saturated carbocycles. The predicted octanol–water partition coefficient (Wildman–Crippen LogP) is 4.52. The van der Waals surface area contributed by atoms with Crippen LogP contribution in [0.2, 0.25) is 0 Å². The molecular weight excluding hydrogens is 577 g/mol. The highest BCUT2D eigenvalue weighted by molar-refractivity contribution is 6.00. The number of aliphatic hydroxyl groups is 1. The fraction of sp³-hybridized carbons (Fsp3) is 0.412. The van der Waals surface area contributed by atoms with Gasteiger partial charge in [0.15, 0.2) is 0 Å². The summed E-state index contributed by atoms with van der Waals surface area (Å²) in [7, 11) is 1.55. The van der Waals surface area contributed by atoms with E-state index >= 15 is 0 Å². The quantitative estimate of drug-likeness (QED) is 0.252. The summed E-state index contributed by atoms with van der Waals surface area (Å²) >= 11 is 0. The van der Waals surface area contributed by atoms with E-state index in [0.29, 0.717) is 51.1 Å². The summed E-state index contributed by atoms with van der Waals surface area (Å²) in [5.74, 6) is -0.698. The Morgan fingerprint density at radius 3 is 2.58 bits per heavy atom. The number of hydrogen-bond donors (Lipinski definition) is 3. The van der Waals surface area contributed by atoms with Crippen LogP contribution in [-0.2, 0) is 15.8 Å². The van der Waals surface area contributed by atoms with Crippen LogP contribution in [0.5, 0.6) is 11.5 Å². The smallest absolute Gasteiger partial charge is 0.251 e. The number of rotatable bonds is 9. The number of nitrogens with one attached hydrogen (secondary N) is 1. The summed E-state index contributed by atoms with van der Waals surface area (Å²) in [6.07, 6.45) is 7.42. The molecule has 0 spiro atoms. The number of pyridine rings is 1. The second kappa shape index (κ2) is 10.8. The minimum absolute atomic E-state index is 0.0111. The van der Waals surface area contributed by atoms with E-state index in [-0.39, 0.29) is 25.0 Å². The van der Waals surface area contributed by atoms with Gasteiger partial charge in [0, 0.05) is 28.3 Å². The van der Waals surface area contributed by atoms with Gasteiger partial charge in [0.1, 0.15) is 46.1 Å². The van der Waals surface area contributed by atoms with Gasteiger partial charge in [-0.25, -0.2) is 9.37 Å². The molecule has 2 aromatic heterocycles. The zero-order valence-electron chi connectivity index (χ0n) is 25.3. The maximum Gasteiger partial charge on any atom is 0.251 e. The molecule has 234 valence electrons. The van der Waals surface area contributed by atoms with Crippen LogP contribution in [0.4, 0.5) is 4.39 Å². The minimum Gasteiger partial charge on any atom is -0.494 e. The fourth-order valence-corrected chi connectivity index (χ4v) is 6.71. The van der Waals surface area contributed by atoms with E-state index < -0.39 is 22.7 Å². The summed E-state index contributed by atoms with van der Waals surface area (Å²) in [4.78, 5) is 31.3. The van der Waals surface area contributed by atoms with Gasteiger partial charge in [-0.15, -0.1) is 0 Å². The molecule has 2 aromatic carbocycles. The molecule has 2 amide bonds. The van der Waals surface area contributed by atoms with Gasteiger partial charge < -0.3 is 25.6 Å². The van der Waals surface area contributed by atoms with Gasteiger partial charge in [0.25, 0.3) is 5.91 Å². The van der Waals surface area contributed by atoms with E-state index in [1.54, 1.807) is 44.4 Å². The first-order valence-electron chi connectivity index (χ1n) is 15.4. The number of nitrogens with zero attached hydrogens (tertiary/aromatic N) is 3. The molecule has 0 bridgehead atoms. The molecule has 2 atom stereocenters. The van der Waals surface area contributed by atoms with Crippen molar-refractivity contribution in [3.8, 4) is 22.8 Å². The van der Waals surface area contributed by atoms with Crippen molar-refractivity contribution in [3.05, 3.63) is 71.3 Å². The Labute approximate surface area is 259 Å². The van der Waals surface area contributed by atoms with E-state index in [2.05, 4.69) is 10.4 Å². The SMILES string of the molecule is COc1cc(C(=O)NCC(O)(c2cc3c(c(-c4ccc(F)cc4)n2)OC[C@]3(C)C(N)=O)C2CCCC2)cc2cn(C3CC3)nc12. The number of carbonyl (C=O) groups excluding carboxylic acids is 2. The van der Waals surface area contributed by atoms with Crippen molar-refractivity contribution in [2.75, 3.05) is 20.3 Å². The maximum atomic E-state index is 13.9. The average molecular weight is 614 g/mol. The van der Waals surface area contributed by atoms with Crippen molar-refractivity contribution < 1.29 is 28.6 Å². The number of ether oxygens (including phenoxy) is 2. The Hall–Kier alpha value is -4.51. The number of carbonyl (C=O) groups is 2. The van der Waals surface area contributed by atoms with Crippen LogP contribution in [0.1, 0.15) is 73.1 Å². The van der Waals surface area contributed by atoms with Crippen molar-refractivity contribution >= 4 is 22.7 Å². The Balaban J connectivity index is 1.28. The van der Waals surface area contributed by atoms with Crippen LogP contribution in [0.15, 0.2) is 48.7 Å². The van der Waals surface area contributed by atoms with Crippen LogP contribution in [-0.4, -0.2) is 51.9 Å². The normalized spacial score (nSPS) is 20.9. The molecule has 4 N–H and O–H groups in total. The average Bonchev–Trinajstić information content (AvgIpc) is 3.40. The van der Waals surface area contributed by atoms with Crippen LogP contribution in [0, 0.1) is 11.7 Å². The first-order valence-corrected chi connectivity index (χ1v) is 15.4. The Kier molecular flexibility index (Phi) is 7.03. The first-order chi connectivity index (χ1) is 21.6. The van der Waals surface area contributed by atoms with Gasteiger partial charge in [-0.2, -0.15) is 5.10 Å². The number of aromatic nitrogens is 3. The van der Waals surface area contributed by atoms with Crippen LogP contribution in [0.3, 0.4) is 0 Å². The molecule has 1 aliphatic heterocycles. The van der Waals surface area contributed by atoms with Gasteiger partial charge in [0.05, 0.1) is 25.4 Å². The summed E-state index contributed by atoms with van der Waals surface area (Å²) in [5, 5.41) is 21.0. The largest absolute Gasteiger partial charge is 0.494 e. The summed E-state index contributed by atoms with van der Waals surface area (Å²) in [5.41, 5.74) is 5.92. The van der Waals surface area contributed by atoms with E-state index in [4.69, 9.17) is 20.2 Å². The molecular formula is C34H36FN5O5. The lowest BCUT2D eigenvalue weighted by Gasteiger charge is -2.35. The predicted molar refractivity (Wildman–Crippen MR) is 164 cm³/mol. The summed E-state index contributed by atoms with van der Waals surface area (Å²) in [6, 6.07) is 11.3. The van der Waals surface area contributed by atoms with E-state index in [9.17, 15) is 19.1 Å². The topological polar surface area (TPSA) is 142 Å². The zero-order chi connectivity index (χ0) is 31.5. The zero-order valence-corrected chi connectivity index (χ0v) is 25.3. The molecule has 2 aliphatic carbocycles. The minimum atomic E-state index is -1.58. The molecule has 0 radical (unpaired) electrons. The van der Waals surface area contributed by atoms with Gasteiger partial charge in [-0.1, -0.05) is 12.8 Å². The second-order valence-electron chi connectivity index (χ2n) is 12.8. The number of nitrogens with two attached hydrogens (primary N) is 1. The summed E-state index contributed by atoms with van der Waals surface area (Å²) < 4.78 is 27.4. The lowest BCUT2D eigenvalue weighted by molar-refractivity contribution is -0.123. The highest BCUT2D eigenvalue weighted by atomic mass is 19.1. The van der Waals surface area contributed by atoms with Gasteiger partial charge in [-0.3, -0.25) is 14.3 Å². The molecule has 3 heterocycles. The van der Waals surface area contributed by atoms with Gasteiger partial charge in [-0.05, 0) is 81.0 Å². The van der Waals surface area contributed by atoms with Crippen molar-refractivity contribution in [2.45, 2.75) is 62.5 Å². The molecule has 45 heavy (non-hydrogen) atoms. The van der Waals surface area contributed by atoms with Crippen molar-refractivity contribution in [3.63, 3.8) is 0 Å². The maximum absolute atomic E-state index is 13.9. The van der Waals surface area contributed by atoms with Crippen molar-refractivity contribution in [1.29, 1.82) is 0 Å². The van der Waals surface area contributed by atoms with Crippen LogP contribution >= 0.6 is 0 Å². The fourth-order valence-electron chi connectivity index (χ4n) is 6.71. The standard InChI is InChI=1S/C34H36FN5O5/c1-33(32(36)42)18-45-30-25(33)15-27(38-29(30)19-7-9-23(35)10-8-19)34(43,22-5-3-4-6-22)17-37-31(41)20-13-21-16-40(24-11-12-24)39-28(21)26(14-20)44-2/h7-10,13-16,22,24,43H,3-6,11-12,17-18H2,1-2H3,(H2,36,42)(H,37,41)/t33-,34?/m0/s1. The number of halogens is 1. The molecule has 10 nitrogen and oxygen atoms in total. The van der Waals surface area contributed by atoms with Gasteiger partial charge >= 0.3 is 0 Å². The molecule has 7 rings (SSSR count). The highest BCUT2D eigenvalue weighted by Crippen LogP contribution is 2.48. The second-order valence-corrected chi connectivity index (χ2v) is 12.8. The Morgan fingerprint density at radius 2 is 1.91 bits per heavy atom. The molecule has 0 saturated heterocycles. The van der Waals surface area contributed by atoms with Crippen molar-refractivity contribution in [2.24, 2.45) is 11.7 Å².